The van der Waals surface area contributed by atoms with Crippen LogP contribution in [0.4, 0.5) is 0 Å². The molecule has 1 fully saturated rings. The summed E-state index contributed by atoms with van der Waals surface area (Å²) in [6.45, 7) is 1.94. The van der Waals surface area contributed by atoms with Crippen LogP contribution in [-0.2, 0) is 4.74 Å². The third-order valence-electron chi connectivity index (χ3n) is 4.76. The highest BCUT2D eigenvalue weighted by Gasteiger charge is 2.27. The summed E-state index contributed by atoms with van der Waals surface area (Å²) in [6, 6.07) is 2.16. The van der Waals surface area contributed by atoms with Crippen molar-refractivity contribution in [1.29, 1.82) is 0 Å². The molecule has 0 atom stereocenters. The van der Waals surface area contributed by atoms with Gasteiger partial charge in [-0.15, -0.1) is 11.3 Å². The molecule has 1 saturated carbocycles. The molecule has 2 heterocycles. The van der Waals surface area contributed by atoms with Crippen LogP contribution in [0.15, 0.2) is 11.6 Å². The summed E-state index contributed by atoms with van der Waals surface area (Å²) in [5, 5.41) is 3.49. The first-order chi connectivity index (χ1) is 10.7. The lowest BCUT2D eigenvalue weighted by molar-refractivity contribution is 0.0606. The predicted molar refractivity (Wildman–Crippen MR) is 99.4 cm³/mol. The zero-order chi connectivity index (χ0) is 15.5. The van der Waals surface area contributed by atoms with E-state index >= 15 is 0 Å². The molecule has 1 aliphatic carbocycles. The standard InChI is InChI=1S/C17H22INO2S/c1-21-17(20)16-13(9-15(18)22-16)14-10-19-8-7-12(14)11-5-3-2-4-6-11/h9,11,19H,2-8,10H2,1H3. The molecule has 5 heteroatoms. The number of methoxy groups -OCH3 is 1. The van der Waals surface area contributed by atoms with E-state index in [0.29, 0.717) is 5.92 Å². The first-order valence-electron chi connectivity index (χ1n) is 8.01. The third-order valence-corrected chi connectivity index (χ3v) is 6.63. The number of esters is 1. The predicted octanol–water partition coefficient (Wildman–Crippen LogP) is 4.47. The summed E-state index contributed by atoms with van der Waals surface area (Å²) in [4.78, 5) is 12.9. The van der Waals surface area contributed by atoms with Crippen LogP contribution >= 0.6 is 33.9 Å². The smallest absolute Gasteiger partial charge is 0.348 e. The Morgan fingerprint density at radius 3 is 2.86 bits per heavy atom. The van der Waals surface area contributed by atoms with Gasteiger partial charge in [-0.3, -0.25) is 0 Å². The van der Waals surface area contributed by atoms with Crippen molar-refractivity contribution >= 4 is 45.5 Å². The topological polar surface area (TPSA) is 38.3 Å². The van der Waals surface area contributed by atoms with Crippen molar-refractivity contribution in [2.75, 3.05) is 20.2 Å². The highest BCUT2D eigenvalue weighted by Crippen LogP contribution is 2.39. The minimum atomic E-state index is -0.205. The second kappa shape index (κ2) is 7.45. The fourth-order valence-corrected chi connectivity index (χ4v) is 5.50. The first-order valence-corrected chi connectivity index (χ1v) is 9.91. The summed E-state index contributed by atoms with van der Waals surface area (Å²) >= 11 is 3.84. The molecule has 0 amide bonds. The zero-order valence-corrected chi connectivity index (χ0v) is 15.9. The molecule has 0 aromatic carbocycles. The van der Waals surface area contributed by atoms with E-state index in [9.17, 15) is 4.79 Å². The molecule has 120 valence electrons. The normalized spacial score (nSPS) is 20.3. The molecule has 0 spiro atoms. The lowest BCUT2D eigenvalue weighted by atomic mass is 9.78. The van der Waals surface area contributed by atoms with Gasteiger partial charge >= 0.3 is 5.97 Å². The van der Waals surface area contributed by atoms with E-state index in [1.54, 1.807) is 5.57 Å². The van der Waals surface area contributed by atoms with E-state index in [2.05, 4.69) is 34.0 Å². The molecule has 0 saturated heterocycles. The minimum absolute atomic E-state index is 0.205. The van der Waals surface area contributed by atoms with Crippen LogP contribution < -0.4 is 5.32 Å². The minimum Gasteiger partial charge on any atom is -0.465 e. The van der Waals surface area contributed by atoms with Gasteiger partial charge in [0.2, 0.25) is 0 Å². The number of thiophene rings is 1. The summed E-state index contributed by atoms with van der Waals surface area (Å²) < 4.78 is 6.13. The van der Waals surface area contributed by atoms with Gasteiger partial charge in [-0.1, -0.05) is 24.8 Å². The van der Waals surface area contributed by atoms with E-state index < -0.39 is 0 Å². The van der Waals surface area contributed by atoms with Crippen molar-refractivity contribution in [2.24, 2.45) is 5.92 Å². The van der Waals surface area contributed by atoms with Gasteiger partial charge in [-0.05, 0) is 66.0 Å². The monoisotopic (exact) mass is 431 g/mol. The average molecular weight is 431 g/mol. The summed E-state index contributed by atoms with van der Waals surface area (Å²) in [6.07, 6.45) is 7.81. The molecule has 0 unspecified atom stereocenters. The highest BCUT2D eigenvalue weighted by atomic mass is 127. The number of hydrogen-bond acceptors (Lipinski definition) is 4. The van der Waals surface area contributed by atoms with Crippen molar-refractivity contribution in [2.45, 2.75) is 38.5 Å². The van der Waals surface area contributed by atoms with Crippen molar-refractivity contribution in [3.05, 3.63) is 25.0 Å². The number of hydrogen-bond donors (Lipinski definition) is 1. The van der Waals surface area contributed by atoms with Crippen molar-refractivity contribution in [3.63, 3.8) is 0 Å². The first kappa shape index (κ1) is 16.5. The molecular formula is C17H22INO2S. The van der Waals surface area contributed by atoms with E-state index in [1.807, 2.05) is 0 Å². The van der Waals surface area contributed by atoms with E-state index in [0.717, 1.165) is 32.8 Å². The lowest BCUT2D eigenvalue weighted by Crippen LogP contribution is -2.28. The average Bonchev–Trinajstić information content (AvgIpc) is 2.96. The highest BCUT2D eigenvalue weighted by molar-refractivity contribution is 14.1. The number of halogens is 1. The van der Waals surface area contributed by atoms with Gasteiger partial charge in [0.05, 0.1) is 9.99 Å². The Hall–Kier alpha value is -0.400. The van der Waals surface area contributed by atoms with Gasteiger partial charge in [0.1, 0.15) is 4.88 Å². The van der Waals surface area contributed by atoms with Gasteiger partial charge in [0.25, 0.3) is 0 Å². The number of nitrogens with one attached hydrogen (secondary N) is 1. The number of carbonyl (C=O) groups excluding carboxylic acids is 1. The second-order valence-electron chi connectivity index (χ2n) is 6.05. The molecule has 1 aromatic heterocycles. The van der Waals surface area contributed by atoms with Crippen LogP contribution in [0.25, 0.3) is 5.57 Å². The maximum Gasteiger partial charge on any atom is 0.348 e. The van der Waals surface area contributed by atoms with Crippen molar-refractivity contribution in [1.82, 2.24) is 5.32 Å². The lowest BCUT2D eigenvalue weighted by Gasteiger charge is -2.30. The van der Waals surface area contributed by atoms with Crippen LogP contribution in [0.1, 0.15) is 53.8 Å². The van der Waals surface area contributed by atoms with Crippen LogP contribution in [0.5, 0.6) is 0 Å². The molecule has 1 aliphatic heterocycles. The van der Waals surface area contributed by atoms with Crippen LogP contribution in [-0.4, -0.2) is 26.2 Å². The van der Waals surface area contributed by atoms with Gasteiger partial charge < -0.3 is 10.1 Å². The number of rotatable bonds is 3. The second-order valence-corrected chi connectivity index (χ2v) is 9.00. The number of carbonyl (C=O) groups is 1. The Morgan fingerprint density at radius 1 is 1.36 bits per heavy atom. The van der Waals surface area contributed by atoms with Crippen LogP contribution in [0.2, 0.25) is 0 Å². The maximum atomic E-state index is 12.1. The summed E-state index contributed by atoms with van der Waals surface area (Å²) in [7, 11) is 1.47. The Bertz CT molecular complexity index is 587. The van der Waals surface area contributed by atoms with Gasteiger partial charge in [-0.2, -0.15) is 0 Å². The van der Waals surface area contributed by atoms with Crippen molar-refractivity contribution in [3.8, 4) is 0 Å². The Morgan fingerprint density at radius 2 is 2.14 bits per heavy atom. The molecule has 1 N–H and O–H groups in total. The Balaban J connectivity index is 2.02. The SMILES string of the molecule is COC(=O)c1sc(I)cc1C1=C(C2CCCCC2)CCNC1. The summed E-state index contributed by atoms with van der Waals surface area (Å²) in [5.74, 6) is 0.512. The van der Waals surface area contributed by atoms with Gasteiger partial charge in [-0.25, -0.2) is 4.79 Å². The quantitative estimate of drug-likeness (QED) is 0.567. The van der Waals surface area contributed by atoms with Gasteiger partial charge in [0.15, 0.2) is 0 Å². The molecule has 3 rings (SSSR count). The molecule has 2 aliphatic rings. The fourth-order valence-electron chi connectivity index (χ4n) is 3.70. The molecule has 22 heavy (non-hydrogen) atoms. The summed E-state index contributed by atoms with van der Waals surface area (Å²) in [5.41, 5.74) is 4.06. The molecule has 3 nitrogen and oxygen atoms in total. The van der Waals surface area contributed by atoms with Crippen LogP contribution in [0, 0.1) is 8.80 Å². The van der Waals surface area contributed by atoms with Crippen molar-refractivity contribution < 1.29 is 9.53 Å². The Kier molecular flexibility index (Phi) is 5.57. The Labute approximate surface area is 149 Å². The van der Waals surface area contributed by atoms with Crippen LogP contribution in [0.3, 0.4) is 0 Å². The van der Waals surface area contributed by atoms with E-state index in [4.69, 9.17) is 4.74 Å². The molecule has 1 aromatic rings. The fraction of sp³-hybridized carbons (Fsp3) is 0.588. The maximum absolute atomic E-state index is 12.1. The molecule has 0 bridgehead atoms. The number of ether oxygens (including phenoxy) is 1. The molecule has 0 radical (unpaired) electrons. The van der Waals surface area contributed by atoms with E-state index in [-0.39, 0.29) is 5.97 Å². The van der Waals surface area contributed by atoms with E-state index in [1.165, 1.54) is 56.1 Å². The molecular weight excluding hydrogens is 409 g/mol. The zero-order valence-electron chi connectivity index (χ0n) is 12.9. The van der Waals surface area contributed by atoms with Gasteiger partial charge in [0, 0.05) is 12.1 Å². The largest absolute Gasteiger partial charge is 0.465 e. The third kappa shape index (κ3) is 3.41.